The minimum absolute atomic E-state index is 0.0900. The molecule has 4 rings (SSSR count). The molecule has 1 aliphatic rings. The molecule has 0 saturated carbocycles. The molecule has 0 N–H and O–H groups in total. The second-order valence-electron chi connectivity index (χ2n) is 7.41. The summed E-state index contributed by atoms with van der Waals surface area (Å²) < 4.78 is 30.9. The maximum Gasteiger partial charge on any atom is 0.337 e. The number of nitrogens with zero attached hydrogens (tertiary/aromatic N) is 5. The number of benzene rings is 1. The molecule has 11 heteroatoms. The zero-order chi connectivity index (χ0) is 22.2. The Morgan fingerprint density at radius 2 is 1.84 bits per heavy atom. The van der Waals surface area contributed by atoms with E-state index in [2.05, 4.69) is 19.8 Å². The monoisotopic (exact) mass is 443 g/mol. The topological polar surface area (TPSA) is 124 Å². The van der Waals surface area contributed by atoms with Crippen molar-refractivity contribution in [1.82, 2.24) is 24.5 Å². The highest BCUT2D eigenvalue weighted by molar-refractivity contribution is 7.90. The molecule has 0 radical (unpaired) electrons. The lowest BCUT2D eigenvalue weighted by molar-refractivity contribution is 0.0599. The Morgan fingerprint density at radius 3 is 2.52 bits per heavy atom. The predicted molar refractivity (Wildman–Crippen MR) is 110 cm³/mol. The van der Waals surface area contributed by atoms with Gasteiger partial charge >= 0.3 is 5.97 Å². The molecular formula is C20H21N5O5S. The summed E-state index contributed by atoms with van der Waals surface area (Å²) in [6.45, 7) is 0.882. The first kappa shape index (κ1) is 20.9. The SMILES string of the molecule is COC(=O)c1ccc(C(=O)N2CCC[C@@H](c3c(S(C)(=O)=O)cnc4ncnn34)C2)cc1. The van der Waals surface area contributed by atoms with E-state index in [0.717, 1.165) is 6.26 Å². The lowest BCUT2D eigenvalue weighted by Crippen LogP contribution is -2.40. The molecule has 1 aliphatic heterocycles. The number of carbonyl (C=O) groups is 2. The van der Waals surface area contributed by atoms with Gasteiger partial charge in [0, 0.05) is 30.8 Å². The molecular weight excluding hydrogens is 422 g/mol. The highest BCUT2D eigenvalue weighted by atomic mass is 32.2. The van der Waals surface area contributed by atoms with Crippen LogP contribution >= 0.6 is 0 Å². The number of methoxy groups -OCH3 is 1. The number of ether oxygens (including phenoxy) is 1. The molecule has 0 aliphatic carbocycles. The van der Waals surface area contributed by atoms with Crippen LogP contribution in [0.5, 0.6) is 0 Å². The average molecular weight is 443 g/mol. The molecule has 0 bridgehead atoms. The van der Waals surface area contributed by atoms with Crippen LogP contribution < -0.4 is 0 Å². The minimum atomic E-state index is -3.56. The Balaban J connectivity index is 1.64. The fraction of sp³-hybridized carbons (Fsp3) is 0.350. The van der Waals surface area contributed by atoms with E-state index >= 15 is 0 Å². The van der Waals surface area contributed by atoms with Crippen molar-refractivity contribution in [3.63, 3.8) is 0 Å². The zero-order valence-electron chi connectivity index (χ0n) is 17.1. The van der Waals surface area contributed by atoms with Crippen LogP contribution in [0.1, 0.15) is 45.2 Å². The number of hydrogen-bond acceptors (Lipinski definition) is 8. The van der Waals surface area contributed by atoms with Crippen molar-refractivity contribution in [2.45, 2.75) is 23.7 Å². The van der Waals surface area contributed by atoms with Crippen molar-refractivity contribution in [3.05, 3.63) is 53.6 Å². The normalized spacial score (nSPS) is 17.0. The van der Waals surface area contributed by atoms with Gasteiger partial charge in [-0.1, -0.05) is 0 Å². The summed E-state index contributed by atoms with van der Waals surface area (Å²) >= 11 is 0. The molecule has 31 heavy (non-hydrogen) atoms. The summed E-state index contributed by atoms with van der Waals surface area (Å²) in [5, 5.41) is 4.16. The van der Waals surface area contributed by atoms with Gasteiger partial charge in [0.15, 0.2) is 9.84 Å². The summed E-state index contributed by atoms with van der Waals surface area (Å²) in [4.78, 5) is 34.6. The first-order chi connectivity index (χ1) is 14.8. The molecule has 162 valence electrons. The number of esters is 1. The van der Waals surface area contributed by atoms with E-state index in [0.29, 0.717) is 48.5 Å². The number of likely N-dealkylation sites (tertiary alicyclic amines) is 1. The van der Waals surface area contributed by atoms with Crippen molar-refractivity contribution in [1.29, 1.82) is 0 Å². The number of fused-ring (bicyclic) bond motifs is 1. The first-order valence-corrected chi connectivity index (χ1v) is 11.5. The van der Waals surface area contributed by atoms with Crippen molar-refractivity contribution in [3.8, 4) is 0 Å². The summed E-state index contributed by atoms with van der Waals surface area (Å²) in [5.41, 5.74) is 1.29. The summed E-state index contributed by atoms with van der Waals surface area (Å²) in [7, 11) is -2.26. The standard InChI is InChI=1S/C20H21N5O5S/c1-30-19(27)14-7-5-13(6-8-14)18(26)24-9-3-4-15(11-24)17-16(31(2,28)29)10-21-20-22-12-23-25(17)20/h5-8,10,12,15H,3-4,9,11H2,1-2H3/t15-/m1/s1. The van der Waals surface area contributed by atoms with Gasteiger partial charge in [-0.15, -0.1) is 0 Å². The summed E-state index contributed by atoms with van der Waals surface area (Å²) in [6.07, 6.45) is 5.17. The van der Waals surface area contributed by atoms with Gasteiger partial charge in [-0.2, -0.15) is 14.6 Å². The van der Waals surface area contributed by atoms with Crippen LogP contribution in [0.15, 0.2) is 41.7 Å². The van der Waals surface area contributed by atoms with Crippen LogP contribution in [-0.4, -0.2) is 71.2 Å². The van der Waals surface area contributed by atoms with Gasteiger partial charge in [0.05, 0.1) is 24.6 Å². The predicted octanol–water partition coefficient (Wildman–Crippen LogP) is 1.33. The highest BCUT2D eigenvalue weighted by Gasteiger charge is 2.31. The second kappa shape index (κ2) is 8.06. The van der Waals surface area contributed by atoms with Gasteiger partial charge in [0.1, 0.15) is 11.2 Å². The van der Waals surface area contributed by atoms with E-state index in [1.54, 1.807) is 29.2 Å². The van der Waals surface area contributed by atoms with Crippen LogP contribution in [0.2, 0.25) is 0 Å². The molecule has 3 aromatic rings. The van der Waals surface area contributed by atoms with E-state index in [1.165, 1.54) is 24.1 Å². The molecule has 1 fully saturated rings. The number of piperidine rings is 1. The Kier molecular flexibility index (Phi) is 5.44. The fourth-order valence-electron chi connectivity index (χ4n) is 3.87. The number of carbonyl (C=O) groups excluding carboxylic acids is 2. The van der Waals surface area contributed by atoms with E-state index in [9.17, 15) is 18.0 Å². The molecule has 10 nitrogen and oxygen atoms in total. The van der Waals surface area contributed by atoms with Gasteiger partial charge < -0.3 is 9.64 Å². The Hall–Kier alpha value is -3.34. The van der Waals surface area contributed by atoms with Crippen LogP contribution in [0.3, 0.4) is 0 Å². The van der Waals surface area contributed by atoms with E-state index in [4.69, 9.17) is 0 Å². The minimum Gasteiger partial charge on any atom is -0.465 e. The maximum atomic E-state index is 13.1. The van der Waals surface area contributed by atoms with Gasteiger partial charge in [-0.25, -0.2) is 18.2 Å². The molecule has 0 spiro atoms. The number of hydrogen-bond donors (Lipinski definition) is 0. The average Bonchev–Trinajstić information content (AvgIpc) is 3.26. The number of sulfone groups is 1. The van der Waals surface area contributed by atoms with E-state index in [-0.39, 0.29) is 16.7 Å². The van der Waals surface area contributed by atoms with E-state index in [1.807, 2.05) is 0 Å². The van der Waals surface area contributed by atoms with Gasteiger partial charge in [-0.3, -0.25) is 4.79 Å². The van der Waals surface area contributed by atoms with Crippen LogP contribution in [0.4, 0.5) is 0 Å². The third-order valence-electron chi connectivity index (χ3n) is 5.36. The molecule has 0 unspecified atom stereocenters. The Labute approximate surface area is 178 Å². The smallest absolute Gasteiger partial charge is 0.337 e. The molecule has 2 aromatic heterocycles. The largest absolute Gasteiger partial charge is 0.465 e. The number of amides is 1. The van der Waals surface area contributed by atoms with E-state index < -0.39 is 15.8 Å². The third kappa shape index (κ3) is 4.00. The molecule has 1 amide bonds. The van der Waals surface area contributed by atoms with Crippen LogP contribution in [0, 0.1) is 0 Å². The fourth-order valence-corrected chi connectivity index (χ4v) is 4.75. The van der Waals surface area contributed by atoms with Crippen molar-refractivity contribution < 1.29 is 22.7 Å². The van der Waals surface area contributed by atoms with Crippen molar-refractivity contribution >= 4 is 27.5 Å². The molecule has 1 aromatic carbocycles. The lowest BCUT2D eigenvalue weighted by Gasteiger charge is -2.33. The van der Waals surface area contributed by atoms with Crippen LogP contribution in [0.25, 0.3) is 5.78 Å². The molecule has 1 saturated heterocycles. The zero-order valence-corrected chi connectivity index (χ0v) is 17.9. The van der Waals surface area contributed by atoms with Gasteiger partial charge in [-0.05, 0) is 37.1 Å². The second-order valence-corrected chi connectivity index (χ2v) is 9.40. The Morgan fingerprint density at radius 1 is 1.13 bits per heavy atom. The maximum absolute atomic E-state index is 13.1. The van der Waals surface area contributed by atoms with Crippen molar-refractivity contribution in [2.75, 3.05) is 26.5 Å². The third-order valence-corrected chi connectivity index (χ3v) is 6.47. The first-order valence-electron chi connectivity index (χ1n) is 9.66. The quantitative estimate of drug-likeness (QED) is 0.553. The number of aromatic nitrogens is 4. The summed E-state index contributed by atoms with van der Waals surface area (Å²) in [5.74, 6) is -0.598. The Bertz CT molecular complexity index is 1250. The van der Waals surface area contributed by atoms with Gasteiger partial charge in [0.25, 0.3) is 11.7 Å². The van der Waals surface area contributed by atoms with Crippen molar-refractivity contribution in [2.24, 2.45) is 0 Å². The summed E-state index contributed by atoms with van der Waals surface area (Å²) in [6, 6.07) is 6.26. The van der Waals surface area contributed by atoms with Crippen LogP contribution in [-0.2, 0) is 14.6 Å². The molecule has 3 heterocycles. The molecule has 1 atom stereocenters. The highest BCUT2D eigenvalue weighted by Crippen LogP contribution is 2.31. The number of rotatable bonds is 4. The van der Waals surface area contributed by atoms with Gasteiger partial charge in [0.2, 0.25) is 0 Å². The lowest BCUT2D eigenvalue weighted by atomic mass is 9.93.